The van der Waals surface area contributed by atoms with Crippen molar-refractivity contribution in [2.45, 2.75) is 12.5 Å². The summed E-state index contributed by atoms with van der Waals surface area (Å²) in [6.45, 7) is 0.216. The number of benzene rings is 1. The Morgan fingerprint density at radius 1 is 1.12 bits per heavy atom. The molecule has 130 valence electrons. The van der Waals surface area contributed by atoms with Crippen molar-refractivity contribution in [3.63, 3.8) is 0 Å². The molecule has 1 aromatic rings. The average Bonchev–Trinajstić information content (AvgIpc) is 2.90. The Balaban J connectivity index is 2.01. The van der Waals surface area contributed by atoms with Gasteiger partial charge in [0.25, 0.3) is 11.8 Å². The number of carbonyl (C=O) groups excluding carboxylic acids is 3. The van der Waals surface area contributed by atoms with Crippen molar-refractivity contribution in [1.82, 2.24) is 16.0 Å². The van der Waals surface area contributed by atoms with E-state index in [1.54, 1.807) is 0 Å². The second kappa shape index (κ2) is 7.53. The number of urea groups is 1. The summed E-state index contributed by atoms with van der Waals surface area (Å²) in [5.41, 5.74) is 0.324. The lowest BCUT2D eigenvalue weighted by molar-refractivity contribution is -0.120. The second-order valence-electron chi connectivity index (χ2n) is 4.97. The number of rotatable bonds is 7. The first-order valence-electron chi connectivity index (χ1n) is 7.19. The smallest absolute Gasteiger partial charge is 0.322 e. The number of ether oxygens (including phenoxy) is 3. The van der Waals surface area contributed by atoms with Crippen LogP contribution in [0.25, 0.3) is 0 Å². The molecule has 1 aliphatic rings. The minimum atomic E-state index is -0.641. The van der Waals surface area contributed by atoms with Gasteiger partial charge in [0.1, 0.15) is 6.04 Å². The van der Waals surface area contributed by atoms with Gasteiger partial charge >= 0.3 is 6.03 Å². The van der Waals surface area contributed by atoms with Gasteiger partial charge in [0, 0.05) is 12.1 Å². The van der Waals surface area contributed by atoms with Crippen LogP contribution in [0.15, 0.2) is 12.1 Å². The molecular weight excluding hydrogens is 318 g/mol. The molecule has 1 heterocycles. The highest BCUT2D eigenvalue weighted by atomic mass is 16.5. The van der Waals surface area contributed by atoms with Gasteiger partial charge in [-0.1, -0.05) is 0 Å². The first-order valence-corrected chi connectivity index (χ1v) is 7.19. The molecule has 2 rings (SSSR count). The number of hydrogen-bond donors (Lipinski definition) is 3. The standard InChI is InChI=1S/C15H19N3O6/c1-22-10-6-8(7-11(23-2)12(10)24-3)13(19)16-5-4-9-14(20)18-15(21)17-9/h6-7,9H,4-5H2,1-3H3,(H,16,19)(H2,17,18,20,21). The first kappa shape index (κ1) is 17.4. The van der Waals surface area contributed by atoms with E-state index in [-0.39, 0.29) is 18.9 Å². The van der Waals surface area contributed by atoms with E-state index in [1.165, 1.54) is 33.5 Å². The Morgan fingerprint density at radius 2 is 1.75 bits per heavy atom. The summed E-state index contributed by atoms with van der Waals surface area (Å²) < 4.78 is 15.6. The lowest BCUT2D eigenvalue weighted by Gasteiger charge is -2.14. The summed E-state index contributed by atoms with van der Waals surface area (Å²) in [6, 6.07) is 1.89. The normalized spacial score (nSPS) is 16.2. The Bertz CT molecular complexity index is 636. The van der Waals surface area contributed by atoms with Crippen molar-refractivity contribution in [3.8, 4) is 17.2 Å². The highest BCUT2D eigenvalue weighted by Crippen LogP contribution is 2.38. The fourth-order valence-corrected chi connectivity index (χ4v) is 2.31. The van der Waals surface area contributed by atoms with Crippen LogP contribution in [0, 0.1) is 0 Å². The van der Waals surface area contributed by atoms with E-state index in [4.69, 9.17) is 14.2 Å². The predicted molar refractivity (Wildman–Crippen MR) is 83.5 cm³/mol. The quantitative estimate of drug-likeness (QED) is 0.605. The maximum absolute atomic E-state index is 12.2. The SMILES string of the molecule is COc1cc(C(=O)NCCC2NC(=O)NC2=O)cc(OC)c1OC. The van der Waals surface area contributed by atoms with Gasteiger partial charge in [-0.2, -0.15) is 0 Å². The molecule has 3 N–H and O–H groups in total. The molecule has 1 saturated heterocycles. The highest BCUT2D eigenvalue weighted by Gasteiger charge is 2.28. The van der Waals surface area contributed by atoms with Gasteiger partial charge in [-0.05, 0) is 18.6 Å². The molecule has 9 heteroatoms. The highest BCUT2D eigenvalue weighted by molar-refractivity contribution is 6.04. The Hall–Kier alpha value is -2.97. The minimum absolute atomic E-state index is 0.216. The predicted octanol–water partition coefficient (Wildman–Crippen LogP) is 0.0403. The summed E-state index contributed by atoms with van der Waals surface area (Å²) in [5, 5.41) is 7.27. The molecule has 0 spiro atoms. The number of hydrogen-bond acceptors (Lipinski definition) is 6. The van der Waals surface area contributed by atoms with Crippen LogP contribution in [0.3, 0.4) is 0 Å². The summed E-state index contributed by atoms with van der Waals surface area (Å²) in [4.78, 5) is 34.7. The number of nitrogens with one attached hydrogen (secondary N) is 3. The Morgan fingerprint density at radius 3 is 2.21 bits per heavy atom. The van der Waals surface area contributed by atoms with E-state index in [0.29, 0.717) is 22.8 Å². The monoisotopic (exact) mass is 337 g/mol. The summed E-state index contributed by atoms with van der Waals surface area (Å²) in [7, 11) is 4.39. The van der Waals surface area contributed by atoms with Gasteiger partial charge in [-0.15, -0.1) is 0 Å². The molecule has 4 amide bonds. The van der Waals surface area contributed by atoms with Crippen LogP contribution in [0.1, 0.15) is 16.8 Å². The molecule has 1 aliphatic heterocycles. The van der Waals surface area contributed by atoms with Crippen molar-refractivity contribution < 1.29 is 28.6 Å². The Kier molecular flexibility index (Phi) is 5.46. The van der Waals surface area contributed by atoms with E-state index < -0.39 is 18.0 Å². The molecule has 0 bridgehead atoms. The van der Waals surface area contributed by atoms with Crippen LogP contribution < -0.4 is 30.2 Å². The average molecular weight is 337 g/mol. The Labute approximate surface area is 138 Å². The van der Waals surface area contributed by atoms with Crippen molar-refractivity contribution in [1.29, 1.82) is 0 Å². The topological polar surface area (TPSA) is 115 Å². The van der Waals surface area contributed by atoms with Crippen LogP contribution in [0.4, 0.5) is 4.79 Å². The molecule has 24 heavy (non-hydrogen) atoms. The zero-order chi connectivity index (χ0) is 17.7. The van der Waals surface area contributed by atoms with Gasteiger partial charge in [-0.3, -0.25) is 14.9 Å². The molecule has 9 nitrogen and oxygen atoms in total. The fourth-order valence-electron chi connectivity index (χ4n) is 2.31. The van der Waals surface area contributed by atoms with Crippen LogP contribution in [-0.2, 0) is 4.79 Å². The van der Waals surface area contributed by atoms with Crippen molar-refractivity contribution in [3.05, 3.63) is 17.7 Å². The lowest BCUT2D eigenvalue weighted by Crippen LogP contribution is -2.34. The van der Waals surface area contributed by atoms with Crippen molar-refractivity contribution in [2.24, 2.45) is 0 Å². The zero-order valence-electron chi connectivity index (χ0n) is 13.6. The van der Waals surface area contributed by atoms with Gasteiger partial charge in [0.05, 0.1) is 21.3 Å². The molecule has 0 aromatic heterocycles. The van der Waals surface area contributed by atoms with Gasteiger partial charge in [0.2, 0.25) is 5.75 Å². The van der Waals surface area contributed by atoms with Crippen molar-refractivity contribution >= 4 is 17.8 Å². The molecule has 1 fully saturated rings. The minimum Gasteiger partial charge on any atom is -0.493 e. The van der Waals surface area contributed by atoms with E-state index in [1.807, 2.05) is 0 Å². The van der Waals surface area contributed by atoms with Crippen LogP contribution >= 0.6 is 0 Å². The van der Waals surface area contributed by atoms with E-state index in [0.717, 1.165) is 0 Å². The lowest BCUT2D eigenvalue weighted by atomic mass is 10.1. The first-order chi connectivity index (χ1) is 11.5. The number of imide groups is 1. The largest absolute Gasteiger partial charge is 0.493 e. The third-order valence-corrected chi connectivity index (χ3v) is 3.50. The number of amides is 4. The maximum Gasteiger partial charge on any atom is 0.322 e. The maximum atomic E-state index is 12.2. The number of methoxy groups -OCH3 is 3. The van der Waals surface area contributed by atoms with E-state index in [9.17, 15) is 14.4 Å². The second-order valence-corrected chi connectivity index (χ2v) is 4.97. The fraction of sp³-hybridized carbons (Fsp3) is 0.400. The van der Waals surface area contributed by atoms with Gasteiger partial charge in [0.15, 0.2) is 11.5 Å². The zero-order valence-corrected chi connectivity index (χ0v) is 13.6. The molecule has 1 unspecified atom stereocenters. The van der Waals surface area contributed by atoms with Crippen LogP contribution in [0.5, 0.6) is 17.2 Å². The van der Waals surface area contributed by atoms with E-state index >= 15 is 0 Å². The third-order valence-electron chi connectivity index (χ3n) is 3.50. The van der Waals surface area contributed by atoms with E-state index in [2.05, 4.69) is 16.0 Å². The van der Waals surface area contributed by atoms with Gasteiger partial charge in [-0.25, -0.2) is 4.79 Å². The molecule has 1 atom stereocenters. The van der Waals surface area contributed by atoms with Crippen LogP contribution in [0.2, 0.25) is 0 Å². The molecule has 0 aliphatic carbocycles. The van der Waals surface area contributed by atoms with Crippen molar-refractivity contribution in [2.75, 3.05) is 27.9 Å². The molecule has 1 aromatic carbocycles. The molecule has 0 radical (unpaired) electrons. The summed E-state index contributed by atoms with van der Waals surface area (Å²) >= 11 is 0. The third kappa shape index (κ3) is 3.67. The van der Waals surface area contributed by atoms with Crippen LogP contribution in [-0.4, -0.2) is 51.8 Å². The molecular formula is C15H19N3O6. The number of carbonyl (C=O) groups is 3. The van der Waals surface area contributed by atoms with Gasteiger partial charge < -0.3 is 24.8 Å². The summed E-state index contributed by atoms with van der Waals surface area (Å²) in [6.07, 6.45) is 0.285. The molecule has 0 saturated carbocycles. The summed E-state index contributed by atoms with van der Waals surface area (Å²) in [5.74, 6) is 0.358.